The molecule has 2 aliphatic carbocycles. The molecule has 2 aliphatic rings. The van der Waals surface area contributed by atoms with Crippen molar-refractivity contribution >= 4 is 0 Å². The predicted molar refractivity (Wildman–Crippen MR) is 59.8 cm³/mol. The Morgan fingerprint density at radius 3 is 2.50 bits per heavy atom. The highest BCUT2D eigenvalue weighted by atomic mass is 16.3. The smallest absolute Gasteiger partial charge is 0.158 e. The molecule has 1 N–H and O–H groups in total. The van der Waals surface area contributed by atoms with E-state index in [2.05, 4.69) is 21.7 Å². The van der Waals surface area contributed by atoms with Gasteiger partial charge in [0, 0.05) is 12.5 Å². The lowest BCUT2D eigenvalue weighted by molar-refractivity contribution is 0.264. The topological polar surface area (TPSA) is 50.9 Å². The second kappa shape index (κ2) is 3.84. The summed E-state index contributed by atoms with van der Waals surface area (Å²) in [6, 6.07) is 0. The van der Waals surface area contributed by atoms with E-state index in [0.29, 0.717) is 5.92 Å². The molecule has 0 aromatic carbocycles. The summed E-state index contributed by atoms with van der Waals surface area (Å²) in [6.45, 7) is 2.97. The zero-order chi connectivity index (χ0) is 11.1. The maximum Gasteiger partial charge on any atom is 0.158 e. The van der Waals surface area contributed by atoms with Gasteiger partial charge in [0.1, 0.15) is 12.4 Å². The van der Waals surface area contributed by atoms with E-state index in [1.165, 1.54) is 25.7 Å². The normalized spacial score (nSPS) is 32.5. The van der Waals surface area contributed by atoms with E-state index in [1.54, 1.807) is 0 Å². The van der Waals surface area contributed by atoms with Gasteiger partial charge in [0.15, 0.2) is 5.82 Å². The molecule has 2 saturated carbocycles. The van der Waals surface area contributed by atoms with Crippen molar-refractivity contribution in [3.05, 3.63) is 11.6 Å². The Hall–Kier alpha value is -0.900. The number of aromatic nitrogens is 3. The minimum absolute atomic E-state index is 0.00287. The van der Waals surface area contributed by atoms with Crippen molar-refractivity contribution in [1.29, 1.82) is 0 Å². The van der Waals surface area contributed by atoms with Crippen LogP contribution in [0.3, 0.4) is 0 Å². The zero-order valence-corrected chi connectivity index (χ0v) is 9.76. The average molecular weight is 221 g/mol. The van der Waals surface area contributed by atoms with Crippen molar-refractivity contribution in [3.63, 3.8) is 0 Å². The maximum absolute atomic E-state index is 9.20. The molecule has 2 atom stereocenters. The number of nitrogens with zero attached hydrogens (tertiary/aromatic N) is 3. The summed E-state index contributed by atoms with van der Waals surface area (Å²) in [5.74, 6) is 4.20. The van der Waals surface area contributed by atoms with Gasteiger partial charge in [-0.3, -0.25) is 0 Å². The van der Waals surface area contributed by atoms with E-state index in [0.717, 1.165) is 30.0 Å². The van der Waals surface area contributed by atoms with Gasteiger partial charge in [-0.05, 0) is 31.6 Å². The van der Waals surface area contributed by atoms with Crippen LogP contribution in [0.5, 0.6) is 0 Å². The monoisotopic (exact) mass is 221 g/mol. The van der Waals surface area contributed by atoms with E-state index >= 15 is 0 Å². The third kappa shape index (κ3) is 1.39. The lowest BCUT2D eigenvalue weighted by Gasteiger charge is -2.05. The lowest BCUT2D eigenvalue weighted by Crippen LogP contribution is -2.06. The minimum Gasteiger partial charge on any atom is -0.388 e. The number of rotatable bonds is 3. The van der Waals surface area contributed by atoms with Gasteiger partial charge in [-0.25, -0.2) is 0 Å². The van der Waals surface area contributed by atoms with Crippen molar-refractivity contribution in [1.82, 2.24) is 14.8 Å². The molecule has 1 aromatic heterocycles. The van der Waals surface area contributed by atoms with Gasteiger partial charge >= 0.3 is 0 Å². The van der Waals surface area contributed by atoms with Crippen molar-refractivity contribution in [2.45, 2.75) is 51.7 Å². The number of fused-ring (bicyclic) bond motifs is 1. The molecular weight excluding hydrogens is 202 g/mol. The Bertz CT molecular complexity index is 376. The second-order valence-corrected chi connectivity index (χ2v) is 5.01. The van der Waals surface area contributed by atoms with Gasteiger partial charge < -0.3 is 9.67 Å². The van der Waals surface area contributed by atoms with Gasteiger partial charge in [-0.1, -0.05) is 12.8 Å². The van der Waals surface area contributed by atoms with Crippen LogP contribution < -0.4 is 0 Å². The van der Waals surface area contributed by atoms with Crippen molar-refractivity contribution in [3.8, 4) is 0 Å². The van der Waals surface area contributed by atoms with E-state index in [-0.39, 0.29) is 6.61 Å². The Labute approximate surface area is 95.7 Å². The highest BCUT2D eigenvalue weighted by Gasteiger charge is 2.53. The van der Waals surface area contributed by atoms with Gasteiger partial charge in [0.05, 0.1) is 0 Å². The van der Waals surface area contributed by atoms with Crippen LogP contribution in [-0.4, -0.2) is 19.9 Å². The van der Waals surface area contributed by atoms with Gasteiger partial charge in [-0.2, -0.15) is 0 Å². The first-order chi connectivity index (χ1) is 7.86. The van der Waals surface area contributed by atoms with Crippen LogP contribution in [0.1, 0.15) is 50.2 Å². The fourth-order valence-electron chi connectivity index (χ4n) is 3.43. The van der Waals surface area contributed by atoms with Crippen molar-refractivity contribution in [2.24, 2.45) is 11.8 Å². The van der Waals surface area contributed by atoms with Crippen LogP contribution in [0, 0.1) is 11.8 Å². The number of aliphatic hydroxyl groups excluding tert-OH is 1. The predicted octanol–water partition coefficient (Wildman–Crippen LogP) is 1.69. The lowest BCUT2D eigenvalue weighted by atomic mass is 10.0. The SMILES string of the molecule is CCn1c(CO)nnc1C1C2CCCCC21. The largest absolute Gasteiger partial charge is 0.388 e. The average Bonchev–Trinajstić information content (AvgIpc) is 2.91. The summed E-state index contributed by atoms with van der Waals surface area (Å²) in [5.41, 5.74) is 0. The Morgan fingerprint density at radius 1 is 1.25 bits per heavy atom. The molecule has 0 spiro atoms. The molecule has 0 aliphatic heterocycles. The Morgan fingerprint density at radius 2 is 1.94 bits per heavy atom. The molecule has 4 heteroatoms. The van der Waals surface area contributed by atoms with Gasteiger partial charge in [-0.15, -0.1) is 10.2 Å². The quantitative estimate of drug-likeness (QED) is 0.845. The molecule has 2 fully saturated rings. The molecule has 1 aromatic rings. The van der Waals surface area contributed by atoms with Crippen LogP contribution in [0.25, 0.3) is 0 Å². The molecule has 2 unspecified atom stereocenters. The number of aliphatic hydroxyl groups is 1. The third-order valence-corrected chi connectivity index (χ3v) is 4.27. The maximum atomic E-state index is 9.20. The summed E-state index contributed by atoms with van der Waals surface area (Å²) in [5, 5.41) is 17.6. The fraction of sp³-hybridized carbons (Fsp3) is 0.833. The molecule has 0 bridgehead atoms. The molecule has 88 valence electrons. The van der Waals surface area contributed by atoms with Crippen LogP contribution in [-0.2, 0) is 13.2 Å². The summed E-state index contributed by atoms with van der Waals surface area (Å²) >= 11 is 0. The van der Waals surface area contributed by atoms with E-state index in [9.17, 15) is 5.11 Å². The van der Waals surface area contributed by atoms with Crippen molar-refractivity contribution in [2.75, 3.05) is 0 Å². The zero-order valence-electron chi connectivity index (χ0n) is 9.76. The van der Waals surface area contributed by atoms with E-state index in [1.807, 2.05) is 0 Å². The van der Waals surface area contributed by atoms with Crippen molar-refractivity contribution < 1.29 is 5.11 Å². The highest BCUT2D eigenvalue weighted by molar-refractivity contribution is 5.18. The number of hydrogen-bond donors (Lipinski definition) is 1. The first-order valence-electron chi connectivity index (χ1n) is 6.39. The highest BCUT2D eigenvalue weighted by Crippen LogP contribution is 2.60. The van der Waals surface area contributed by atoms with Crippen LogP contribution in [0.2, 0.25) is 0 Å². The molecular formula is C12H19N3O. The fourth-order valence-corrected chi connectivity index (χ4v) is 3.43. The first kappa shape index (κ1) is 10.3. The summed E-state index contributed by atoms with van der Waals surface area (Å²) in [7, 11) is 0. The summed E-state index contributed by atoms with van der Waals surface area (Å²) < 4.78 is 2.10. The molecule has 16 heavy (non-hydrogen) atoms. The van der Waals surface area contributed by atoms with Crippen LogP contribution in [0.4, 0.5) is 0 Å². The van der Waals surface area contributed by atoms with Crippen LogP contribution in [0.15, 0.2) is 0 Å². The summed E-state index contributed by atoms with van der Waals surface area (Å²) in [4.78, 5) is 0. The molecule has 0 saturated heterocycles. The van der Waals surface area contributed by atoms with E-state index < -0.39 is 0 Å². The number of hydrogen-bond acceptors (Lipinski definition) is 3. The Balaban J connectivity index is 1.87. The molecule has 4 nitrogen and oxygen atoms in total. The van der Waals surface area contributed by atoms with Crippen LogP contribution >= 0.6 is 0 Å². The molecule has 1 heterocycles. The standard InChI is InChI=1S/C12H19N3O/c1-2-15-10(7-16)13-14-12(15)11-8-5-3-4-6-9(8)11/h8-9,11,16H,2-7H2,1H3. The molecule has 0 amide bonds. The molecule has 3 rings (SSSR count). The van der Waals surface area contributed by atoms with E-state index in [4.69, 9.17) is 0 Å². The first-order valence-corrected chi connectivity index (χ1v) is 6.39. The second-order valence-electron chi connectivity index (χ2n) is 5.01. The summed E-state index contributed by atoms with van der Waals surface area (Å²) in [6.07, 6.45) is 5.48. The van der Waals surface area contributed by atoms with Gasteiger partial charge in [0.2, 0.25) is 0 Å². The van der Waals surface area contributed by atoms with Gasteiger partial charge in [0.25, 0.3) is 0 Å². The Kier molecular flexibility index (Phi) is 2.46. The third-order valence-electron chi connectivity index (χ3n) is 4.27. The minimum atomic E-state index is 0.00287. The molecule has 0 radical (unpaired) electrons.